The van der Waals surface area contributed by atoms with Crippen molar-refractivity contribution in [2.24, 2.45) is 5.41 Å². The van der Waals surface area contributed by atoms with Gasteiger partial charge in [0, 0.05) is 31.4 Å². The molecule has 0 saturated carbocycles. The average molecular weight is 275 g/mol. The van der Waals surface area contributed by atoms with E-state index in [1.54, 1.807) is 18.0 Å². The number of likely N-dealkylation sites (tertiary alicyclic amines) is 1. The molecule has 0 radical (unpaired) electrons. The molecule has 0 bridgehead atoms. The van der Waals surface area contributed by atoms with Crippen molar-refractivity contribution in [1.82, 2.24) is 10.2 Å². The number of nitrogen functional groups attached to an aromatic ring is 1. The summed E-state index contributed by atoms with van der Waals surface area (Å²) in [6.07, 6.45) is 0.680. The molecule has 20 heavy (non-hydrogen) atoms. The monoisotopic (exact) mass is 275 g/mol. The molecule has 1 aromatic rings. The predicted molar refractivity (Wildman–Crippen MR) is 78.3 cm³/mol. The Balaban J connectivity index is 2.17. The second-order valence-corrected chi connectivity index (χ2v) is 5.75. The van der Waals surface area contributed by atoms with E-state index in [1.807, 2.05) is 26.0 Å². The van der Waals surface area contributed by atoms with Gasteiger partial charge in [0.25, 0.3) is 5.91 Å². The third-order valence-corrected chi connectivity index (χ3v) is 3.88. The molecule has 1 saturated heterocycles. The number of carbonyl (C=O) groups excluding carboxylic acids is 2. The topological polar surface area (TPSA) is 75.4 Å². The Kier molecular flexibility index (Phi) is 3.70. The Labute approximate surface area is 119 Å². The van der Waals surface area contributed by atoms with Gasteiger partial charge >= 0.3 is 0 Å². The van der Waals surface area contributed by atoms with Crippen molar-refractivity contribution in [3.8, 4) is 0 Å². The van der Waals surface area contributed by atoms with Crippen LogP contribution < -0.4 is 11.1 Å². The zero-order valence-electron chi connectivity index (χ0n) is 12.2. The highest BCUT2D eigenvalue weighted by Crippen LogP contribution is 2.31. The first-order chi connectivity index (χ1) is 9.35. The van der Waals surface area contributed by atoms with E-state index in [1.165, 1.54) is 0 Å². The summed E-state index contributed by atoms with van der Waals surface area (Å²) in [4.78, 5) is 26.1. The average Bonchev–Trinajstić information content (AvgIpc) is 2.79. The molecule has 108 valence electrons. The summed E-state index contributed by atoms with van der Waals surface area (Å²) in [6.45, 7) is 4.84. The van der Waals surface area contributed by atoms with Crippen molar-refractivity contribution < 1.29 is 9.59 Å². The van der Waals surface area contributed by atoms with E-state index in [4.69, 9.17) is 5.73 Å². The van der Waals surface area contributed by atoms with Crippen molar-refractivity contribution in [2.75, 3.05) is 25.9 Å². The molecule has 1 unspecified atom stereocenters. The van der Waals surface area contributed by atoms with Crippen LogP contribution in [0.5, 0.6) is 0 Å². The summed E-state index contributed by atoms with van der Waals surface area (Å²) in [5, 5.41) is 2.67. The fourth-order valence-electron chi connectivity index (χ4n) is 2.74. The molecule has 0 aromatic heterocycles. The third kappa shape index (κ3) is 2.61. The number of rotatable bonds is 2. The standard InChI is InChI=1S/C15H21N3O2/c1-10-6-11(8-12(16)7-10)13(19)18-5-4-15(2,9-18)14(20)17-3/h6-8H,4-5,9,16H2,1-3H3,(H,17,20). The number of aryl methyl sites for hydroxylation is 1. The molecule has 1 aliphatic rings. The van der Waals surface area contributed by atoms with Crippen molar-refractivity contribution in [3.63, 3.8) is 0 Å². The zero-order valence-corrected chi connectivity index (χ0v) is 12.2. The van der Waals surface area contributed by atoms with Crippen LogP contribution in [0.2, 0.25) is 0 Å². The maximum atomic E-state index is 12.5. The van der Waals surface area contributed by atoms with Crippen LogP contribution in [0.15, 0.2) is 18.2 Å². The molecule has 5 heteroatoms. The van der Waals surface area contributed by atoms with Gasteiger partial charge in [-0.15, -0.1) is 0 Å². The highest BCUT2D eigenvalue weighted by molar-refractivity contribution is 5.96. The van der Waals surface area contributed by atoms with Crippen molar-refractivity contribution in [2.45, 2.75) is 20.3 Å². The molecule has 2 amide bonds. The normalized spacial score (nSPS) is 21.9. The number of nitrogens with zero attached hydrogens (tertiary/aromatic N) is 1. The summed E-state index contributed by atoms with van der Waals surface area (Å²) in [6, 6.07) is 5.34. The van der Waals surface area contributed by atoms with Crippen LogP contribution in [0, 0.1) is 12.3 Å². The van der Waals surface area contributed by atoms with Gasteiger partial charge in [0.2, 0.25) is 5.91 Å². The Morgan fingerprint density at radius 2 is 2.05 bits per heavy atom. The number of nitrogens with one attached hydrogen (secondary N) is 1. The molecular weight excluding hydrogens is 254 g/mol. The molecular formula is C15H21N3O2. The fourth-order valence-corrected chi connectivity index (χ4v) is 2.74. The van der Waals surface area contributed by atoms with Gasteiger partial charge in [-0.05, 0) is 44.0 Å². The minimum atomic E-state index is -0.500. The summed E-state index contributed by atoms with van der Waals surface area (Å²) in [5.74, 6) is -0.0791. The minimum absolute atomic E-state index is 0.0171. The number of benzene rings is 1. The SMILES string of the molecule is CNC(=O)C1(C)CCN(C(=O)c2cc(C)cc(N)c2)C1. The van der Waals surface area contributed by atoms with Crippen LogP contribution in [0.3, 0.4) is 0 Å². The maximum absolute atomic E-state index is 12.5. The number of hydrogen-bond donors (Lipinski definition) is 2. The Bertz CT molecular complexity index is 536. The predicted octanol–water partition coefficient (Wildman–Crippen LogP) is 1.18. The van der Waals surface area contributed by atoms with Crippen LogP contribution >= 0.6 is 0 Å². The minimum Gasteiger partial charge on any atom is -0.399 e. The number of nitrogens with two attached hydrogens (primary N) is 1. The number of carbonyl (C=O) groups is 2. The molecule has 0 spiro atoms. The quantitative estimate of drug-likeness (QED) is 0.796. The van der Waals surface area contributed by atoms with Gasteiger partial charge in [0.1, 0.15) is 0 Å². The van der Waals surface area contributed by atoms with Gasteiger partial charge in [-0.3, -0.25) is 9.59 Å². The Hall–Kier alpha value is -2.04. The lowest BCUT2D eigenvalue weighted by molar-refractivity contribution is -0.128. The molecule has 1 fully saturated rings. The van der Waals surface area contributed by atoms with E-state index in [-0.39, 0.29) is 11.8 Å². The fraction of sp³-hybridized carbons (Fsp3) is 0.467. The van der Waals surface area contributed by atoms with E-state index in [2.05, 4.69) is 5.32 Å². The molecule has 1 heterocycles. The summed E-state index contributed by atoms with van der Waals surface area (Å²) in [5.41, 5.74) is 7.42. The zero-order chi connectivity index (χ0) is 14.9. The van der Waals surface area contributed by atoms with E-state index in [0.717, 1.165) is 5.56 Å². The smallest absolute Gasteiger partial charge is 0.253 e. The summed E-state index contributed by atoms with van der Waals surface area (Å²) >= 11 is 0. The van der Waals surface area contributed by atoms with E-state index in [0.29, 0.717) is 30.8 Å². The van der Waals surface area contributed by atoms with Gasteiger partial charge in [0.05, 0.1) is 5.41 Å². The molecule has 0 aliphatic carbocycles. The highest BCUT2D eigenvalue weighted by Gasteiger charge is 2.41. The van der Waals surface area contributed by atoms with Crippen molar-refractivity contribution in [1.29, 1.82) is 0 Å². The third-order valence-electron chi connectivity index (χ3n) is 3.88. The van der Waals surface area contributed by atoms with Crippen LogP contribution in [0.1, 0.15) is 29.3 Å². The molecule has 5 nitrogen and oxygen atoms in total. The van der Waals surface area contributed by atoms with Crippen LogP contribution in [0.4, 0.5) is 5.69 Å². The maximum Gasteiger partial charge on any atom is 0.253 e. The lowest BCUT2D eigenvalue weighted by atomic mass is 9.89. The molecule has 1 aliphatic heterocycles. The van der Waals surface area contributed by atoms with Gasteiger partial charge < -0.3 is 16.0 Å². The summed E-state index contributed by atoms with van der Waals surface area (Å²) < 4.78 is 0. The lowest BCUT2D eigenvalue weighted by Gasteiger charge is -2.23. The number of amides is 2. The largest absolute Gasteiger partial charge is 0.399 e. The van der Waals surface area contributed by atoms with Gasteiger partial charge in [-0.2, -0.15) is 0 Å². The lowest BCUT2D eigenvalue weighted by Crippen LogP contribution is -2.40. The van der Waals surface area contributed by atoms with E-state index >= 15 is 0 Å². The number of anilines is 1. The molecule has 1 atom stereocenters. The Morgan fingerprint density at radius 3 is 2.65 bits per heavy atom. The molecule has 3 N–H and O–H groups in total. The van der Waals surface area contributed by atoms with Gasteiger partial charge in [-0.1, -0.05) is 0 Å². The highest BCUT2D eigenvalue weighted by atomic mass is 16.2. The number of hydrogen-bond acceptors (Lipinski definition) is 3. The van der Waals surface area contributed by atoms with Crippen LogP contribution in [-0.2, 0) is 4.79 Å². The van der Waals surface area contributed by atoms with Crippen LogP contribution in [-0.4, -0.2) is 36.9 Å². The van der Waals surface area contributed by atoms with Crippen molar-refractivity contribution >= 4 is 17.5 Å². The first kappa shape index (κ1) is 14.4. The second-order valence-electron chi connectivity index (χ2n) is 5.75. The Morgan fingerprint density at radius 1 is 1.35 bits per heavy atom. The van der Waals surface area contributed by atoms with E-state index < -0.39 is 5.41 Å². The molecule has 2 rings (SSSR count). The molecule has 1 aromatic carbocycles. The van der Waals surface area contributed by atoms with E-state index in [9.17, 15) is 9.59 Å². The first-order valence-corrected chi connectivity index (χ1v) is 6.74. The van der Waals surface area contributed by atoms with Gasteiger partial charge in [0.15, 0.2) is 0 Å². The van der Waals surface area contributed by atoms with Crippen molar-refractivity contribution in [3.05, 3.63) is 29.3 Å². The van der Waals surface area contributed by atoms with Crippen LogP contribution in [0.25, 0.3) is 0 Å². The summed E-state index contributed by atoms with van der Waals surface area (Å²) in [7, 11) is 1.62. The van der Waals surface area contributed by atoms with Gasteiger partial charge in [-0.25, -0.2) is 0 Å². The first-order valence-electron chi connectivity index (χ1n) is 6.74. The second kappa shape index (κ2) is 5.15.